The van der Waals surface area contributed by atoms with Crippen molar-refractivity contribution in [3.05, 3.63) is 54.1 Å². The summed E-state index contributed by atoms with van der Waals surface area (Å²) < 4.78 is 13.0. The smallest absolute Gasteiger partial charge is 0.234 e. The number of carboxylic acids is 1. The van der Waals surface area contributed by atoms with Crippen molar-refractivity contribution >= 4 is 40.3 Å². The predicted molar refractivity (Wildman–Crippen MR) is 113 cm³/mol. The van der Waals surface area contributed by atoms with Gasteiger partial charge >= 0.3 is 0 Å². The highest BCUT2D eigenvalue weighted by Crippen LogP contribution is 2.33. The van der Waals surface area contributed by atoms with Gasteiger partial charge in [-0.3, -0.25) is 4.79 Å². The third-order valence-corrected chi connectivity index (χ3v) is 5.54. The first kappa shape index (κ1) is 20.5. The van der Waals surface area contributed by atoms with E-state index in [1.54, 1.807) is 18.7 Å². The highest BCUT2D eigenvalue weighted by Gasteiger charge is 2.17. The first-order valence-corrected chi connectivity index (χ1v) is 10.1. The zero-order valence-corrected chi connectivity index (χ0v) is 17.4. The molecule has 0 atom stereocenters. The SMILES string of the molecule is COc1cccc2cc(-c3nnc(SCC(=O)Nc4ccc(C(=O)[O-])cc4)n3C)oc12. The second-order valence-electron chi connectivity index (χ2n) is 6.56. The summed E-state index contributed by atoms with van der Waals surface area (Å²) in [6.45, 7) is 0. The molecule has 4 rings (SSSR count). The number of benzene rings is 2. The fraction of sp³-hybridized carbons (Fsp3) is 0.143. The number of amides is 1. The van der Waals surface area contributed by atoms with E-state index in [2.05, 4.69) is 15.5 Å². The maximum Gasteiger partial charge on any atom is 0.234 e. The molecule has 2 aromatic carbocycles. The number of fused-ring (bicyclic) bond motifs is 1. The lowest BCUT2D eigenvalue weighted by Crippen LogP contribution is -2.22. The van der Waals surface area contributed by atoms with Gasteiger partial charge in [-0.25, -0.2) is 0 Å². The monoisotopic (exact) mass is 437 g/mol. The van der Waals surface area contributed by atoms with Gasteiger partial charge in [0.2, 0.25) is 5.91 Å². The Hall–Kier alpha value is -3.79. The number of carbonyl (C=O) groups excluding carboxylic acids is 2. The van der Waals surface area contributed by atoms with Gasteiger partial charge in [-0.1, -0.05) is 36.0 Å². The summed E-state index contributed by atoms with van der Waals surface area (Å²) in [5, 5.41) is 23.3. The van der Waals surface area contributed by atoms with Crippen LogP contribution in [-0.2, 0) is 11.8 Å². The van der Waals surface area contributed by atoms with Crippen molar-refractivity contribution in [3.63, 3.8) is 0 Å². The molecule has 0 aliphatic heterocycles. The second kappa shape index (κ2) is 8.52. The third-order valence-electron chi connectivity index (χ3n) is 4.52. The van der Waals surface area contributed by atoms with E-state index in [4.69, 9.17) is 9.15 Å². The fourth-order valence-electron chi connectivity index (χ4n) is 2.98. The van der Waals surface area contributed by atoms with Gasteiger partial charge in [-0.05, 0) is 29.8 Å². The maximum atomic E-state index is 12.2. The number of rotatable bonds is 7. The van der Waals surface area contributed by atoms with Crippen molar-refractivity contribution < 1.29 is 23.8 Å². The van der Waals surface area contributed by atoms with Gasteiger partial charge in [0, 0.05) is 18.1 Å². The Balaban J connectivity index is 1.44. The Labute approximate surface area is 181 Å². The van der Waals surface area contributed by atoms with Crippen molar-refractivity contribution in [2.24, 2.45) is 7.05 Å². The zero-order chi connectivity index (χ0) is 22.0. The number of carboxylic acid groups (broad SMARTS) is 1. The van der Waals surface area contributed by atoms with Gasteiger partial charge < -0.3 is 28.9 Å². The van der Waals surface area contributed by atoms with Crippen LogP contribution in [0.15, 0.2) is 58.1 Å². The van der Waals surface area contributed by atoms with Crippen LogP contribution in [0.2, 0.25) is 0 Å². The van der Waals surface area contributed by atoms with Crippen LogP contribution in [0.1, 0.15) is 10.4 Å². The summed E-state index contributed by atoms with van der Waals surface area (Å²) in [4.78, 5) is 23.0. The molecule has 0 spiro atoms. The molecule has 0 saturated heterocycles. The van der Waals surface area contributed by atoms with E-state index in [0.717, 1.165) is 5.39 Å². The van der Waals surface area contributed by atoms with E-state index in [1.165, 1.54) is 36.0 Å². The summed E-state index contributed by atoms with van der Waals surface area (Å²) in [6.07, 6.45) is 0. The van der Waals surface area contributed by atoms with E-state index >= 15 is 0 Å². The number of furan rings is 1. The lowest BCUT2D eigenvalue weighted by atomic mass is 10.2. The number of aromatic carboxylic acids is 1. The predicted octanol–water partition coefficient (Wildman–Crippen LogP) is 2.33. The van der Waals surface area contributed by atoms with E-state index in [9.17, 15) is 14.7 Å². The van der Waals surface area contributed by atoms with Crippen molar-refractivity contribution in [1.29, 1.82) is 0 Å². The number of para-hydroxylation sites is 1. The Bertz CT molecular complexity index is 1260. The second-order valence-corrected chi connectivity index (χ2v) is 7.50. The van der Waals surface area contributed by atoms with Gasteiger partial charge in [0.1, 0.15) is 0 Å². The molecule has 9 nitrogen and oxygen atoms in total. The highest BCUT2D eigenvalue weighted by atomic mass is 32.2. The minimum Gasteiger partial charge on any atom is -0.545 e. The molecule has 0 saturated carbocycles. The van der Waals surface area contributed by atoms with E-state index in [-0.39, 0.29) is 17.2 Å². The Morgan fingerprint density at radius 2 is 1.97 bits per heavy atom. The van der Waals surface area contributed by atoms with Crippen LogP contribution in [-0.4, -0.2) is 39.5 Å². The molecule has 0 bridgehead atoms. The van der Waals surface area contributed by atoms with Crippen molar-refractivity contribution in [3.8, 4) is 17.3 Å². The van der Waals surface area contributed by atoms with E-state index < -0.39 is 5.97 Å². The Kier molecular flexibility index (Phi) is 5.63. The number of ether oxygens (including phenoxy) is 1. The van der Waals surface area contributed by atoms with Crippen LogP contribution in [0.25, 0.3) is 22.6 Å². The average Bonchev–Trinajstić information content (AvgIpc) is 3.35. The van der Waals surface area contributed by atoms with E-state index in [1.807, 2.05) is 24.3 Å². The summed E-state index contributed by atoms with van der Waals surface area (Å²) in [5.41, 5.74) is 1.16. The molecule has 0 radical (unpaired) electrons. The number of hydrogen-bond donors (Lipinski definition) is 1. The molecule has 4 aromatic rings. The topological polar surface area (TPSA) is 122 Å². The minimum atomic E-state index is -1.27. The van der Waals surface area contributed by atoms with Crippen LogP contribution < -0.4 is 15.2 Å². The molecular formula is C21H17N4O5S-. The molecule has 2 heterocycles. The fourth-order valence-corrected chi connectivity index (χ4v) is 3.69. The number of nitrogens with zero attached hydrogens (tertiary/aromatic N) is 3. The standard InChI is InChI=1S/C21H18N4O5S/c1-25-19(16-10-13-4-3-5-15(29-2)18(13)30-16)23-24-21(25)31-11-17(26)22-14-8-6-12(7-9-14)20(27)28/h3-10H,11H2,1-2H3,(H,22,26)(H,27,28)/p-1. The quantitative estimate of drug-likeness (QED) is 0.437. The van der Waals surface area contributed by atoms with Crippen molar-refractivity contribution in [2.45, 2.75) is 5.16 Å². The number of carbonyl (C=O) groups is 2. The molecule has 1 N–H and O–H groups in total. The van der Waals surface area contributed by atoms with Gasteiger partial charge in [0.25, 0.3) is 0 Å². The Morgan fingerprint density at radius 1 is 1.19 bits per heavy atom. The van der Waals surface area contributed by atoms with Crippen molar-refractivity contribution in [2.75, 3.05) is 18.2 Å². The van der Waals surface area contributed by atoms with Crippen LogP contribution in [0.4, 0.5) is 5.69 Å². The van der Waals surface area contributed by atoms with Gasteiger partial charge in [0.05, 0.1) is 18.8 Å². The van der Waals surface area contributed by atoms with Gasteiger partial charge in [-0.15, -0.1) is 10.2 Å². The summed E-state index contributed by atoms with van der Waals surface area (Å²) >= 11 is 1.22. The van der Waals surface area contributed by atoms with Crippen LogP contribution in [0.5, 0.6) is 5.75 Å². The lowest BCUT2D eigenvalue weighted by Gasteiger charge is -2.07. The number of anilines is 1. The number of methoxy groups -OCH3 is 1. The Morgan fingerprint density at radius 3 is 2.68 bits per heavy atom. The molecule has 0 aliphatic rings. The van der Waals surface area contributed by atoms with Crippen molar-refractivity contribution in [1.82, 2.24) is 14.8 Å². The normalized spacial score (nSPS) is 10.9. The average molecular weight is 437 g/mol. The molecule has 10 heteroatoms. The number of hydrogen-bond acceptors (Lipinski definition) is 8. The van der Waals surface area contributed by atoms with Gasteiger partial charge in [0.15, 0.2) is 28.1 Å². The summed E-state index contributed by atoms with van der Waals surface area (Å²) in [6, 6.07) is 13.2. The van der Waals surface area contributed by atoms with Crippen LogP contribution in [0, 0.1) is 0 Å². The number of thioether (sulfide) groups is 1. The first-order valence-electron chi connectivity index (χ1n) is 9.16. The number of nitrogens with one attached hydrogen (secondary N) is 1. The minimum absolute atomic E-state index is 0.0437. The molecular weight excluding hydrogens is 420 g/mol. The first-order chi connectivity index (χ1) is 15.0. The largest absolute Gasteiger partial charge is 0.545 e. The van der Waals surface area contributed by atoms with E-state index in [0.29, 0.717) is 33.8 Å². The van der Waals surface area contributed by atoms with Crippen LogP contribution in [0.3, 0.4) is 0 Å². The summed E-state index contributed by atoms with van der Waals surface area (Å²) in [5.74, 6) is 0.267. The maximum absolute atomic E-state index is 12.2. The lowest BCUT2D eigenvalue weighted by molar-refractivity contribution is -0.255. The molecule has 158 valence electrons. The molecule has 2 aromatic heterocycles. The molecule has 1 amide bonds. The molecule has 0 fully saturated rings. The van der Waals surface area contributed by atoms with Gasteiger partial charge in [-0.2, -0.15) is 0 Å². The molecule has 0 aliphatic carbocycles. The molecule has 31 heavy (non-hydrogen) atoms. The molecule has 0 unspecified atom stereocenters. The van der Waals surface area contributed by atoms with Crippen LogP contribution >= 0.6 is 11.8 Å². The summed E-state index contributed by atoms with van der Waals surface area (Å²) in [7, 11) is 3.37. The number of aromatic nitrogens is 3. The highest BCUT2D eigenvalue weighted by molar-refractivity contribution is 7.99. The third kappa shape index (κ3) is 4.24. The zero-order valence-electron chi connectivity index (χ0n) is 16.6.